The van der Waals surface area contributed by atoms with E-state index in [1.807, 2.05) is 86.6 Å². The van der Waals surface area contributed by atoms with Gasteiger partial charge in [-0.15, -0.1) is 0 Å². The first-order valence-electron chi connectivity index (χ1n) is 13.6. The molecule has 0 aliphatic carbocycles. The monoisotopic (exact) mass is 553 g/mol. The van der Waals surface area contributed by atoms with Gasteiger partial charge in [0, 0.05) is 17.8 Å². The van der Waals surface area contributed by atoms with Crippen molar-refractivity contribution in [2.24, 2.45) is 0 Å². The predicted octanol–water partition coefficient (Wildman–Crippen LogP) is 6.97. The Hall–Kier alpha value is -4.49. The number of hydrogen-bond acceptors (Lipinski definition) is 7. The third kappa shape index (κ3) is 6.64. The smallest absolute Gasteiger partial charge is 0.338 e. The molecule has 1 aliphatic rings. The summed E-state index contributed by atoms with van der Waals surface area (Å²) in [5.41, 5.74) is 3.42. The highest BCUT2D eigenvalue weighted by Crippen LogP contribution is 2.45. The highest BCUT2D eigenvalue weighted by atomic mass is 16.6. The van der Waals surface area contributed by atoms with Gasteiger partial charge in [-0.2, -0.15) is 0 Å². The summed E-state index contributed by atoms with van der Waals surface area (Å²) in [6.07, 6.45) is -1.29. The molecule has 7 heteroatoms. The van der Waals surface area contributed by atoms with E-state index < -0.39 is 23.8 Å². The molecule has 7 nitrogen and oxygen atoms in total. The molecule has 4 aromatic rings. The van der Waals surface area contributed by atoms with Crippen LogP contribution in [0.4, 0.5) is 5.69 Å². The van der Waals surface area contributed by atoms with Crippen LogP contribution in [0.2, 0.25) is 0 Å². The van der Waals surface area contributed by atoms with Crippen molar-refractivity contribution in [1.29, 1.82) is 0 Å². The first kappa shape index (κ1) is 28.1. The van der Waals surface area contributed by atoms with E-state index in [9.17, 15) is 4.79 Å². The standard InChI is InChI=1S/C34H35NO6/c1-34(2)32(40-33(36)25-12-17-28(38-4)18-13-25)31(39-22-24-8-6-5-7-9-24)29-20-26(14-19-30(29)41-34)35-21-23-10-15-27(37-3)16-11-23/h5-20,31-32,35H,21-22H2,1-4H3. The van der Waals surface area contributed by atoms with Gasteiger partial charge in [-0.25, -0.2) is 4.79 Å². The van der Waals surface area contributed by atoms with Gasteiger partial charge in [0.2, 0.25) is 0 Å². The van der Waals surface area contributed by atoms with Gasteiger partial charge in [0.15, 0.2) is 6.10 Å². The summed E-state index contributed by atoms with van der Waals surface area (Å²) in [4.78, 5) is 13.3. The van der Waals surface area contributed by atoms with Gasteiger partial charge in [0.05, 0.1) is 26.4 Å². The van der Waals surface area contributed by atoms with Crippen LogP contribution in [-0.2, 0) is 22.6 Å². The van der Waals surface area contributed by atoms with Crippen LogP contribution >= 0.6 is 0 Å². The zero-order chi connectivity index (χ0) is 28.8. The molecular weight excluding hydrogens is 518 g/mol. The Bertz CT molecular complexity index is 1450. The molecule has 0 saturated carbocycles. The fourth-order valence-corrected chi connectivity index (χ4v) is 4.84. The summed E-state index contributed by atoms with van der Waals surface area (Å²) in [6, 6.07) is 30.6. The molecule has 41 heavy (non-hydrogen) atoms. The normalized spacial score (nSPS) is 17.1. The summed E-state index contributed by atoms with van der Waals surface area (Å²) in [5, 5.41) is 3.48. The number of anilines is 1. The van der Waals surface area contributed by atoms with Gasteiger partial charge in [-0.05, 0) is 79.6 Å². The first-order valence-corrected chi connectivity index (χ1v) is 13.6. The van der Waals surface area contributed by atoms with Crippen molar-refractivity contribution in [2.75, 3.05) is 19.5 Å². The van der Waals surface area contributed by atoms with Gasteiger partial charge in [0.1, 0.15) is 29.0 Å². The number of fused-ring (bicyclic) bond motifs is 1. The van der Waals surface area contributed by atoms with Crippen LogP contribution in [0.5, 0.6) is 17.2 Å². The summed E-state index contributed by atoms with van der Waals surface area (Å²) >= 11 is 0. The van der Waals surface area contributed by atoms with Gasteiger partial charge in [-0.1, -0.05) is 42.5 Å². The van der Waals surface area contributed by atoms with Crippen molar-refractivity contribution in [3.05, 3.63) is 119 Å². The largest absolute Gasteiger partial charge is 0.497 e. The molecule has 0 aromatic heterocycles. The molecule has 1 heterocycles. The van der Waals surface area contributed by atoms with Crippen LogP contribution < -0.4 is 19.5 Å². The van der Waals surface area contributed by atoms with Crippen molar-refractivity contribution in [3.63, 3.8) is 0 Å². The molecule has 1 N–H and O–H groups in total. The lowest BCUT2D eigenvalue weighted by Crippen LogP contribution is -2.51. The Morgan fingerprint density at radius 2 is 1.49 bits per heavy atom. The van der Waals surface area contributed by atoms with E-state index in [1.165, 1.54) is 0 Å². The number of carbonyl (C=O) groups excluding carboxylic acids is 1. The molecule has 2 atom stereocenters. The van der Waals surface area contributed by atoms with E-state index in [0.29, 0.717) is 30.2 Å². The molecule has 4 aromatic carbocycles. The van der Waals surface area contributed by atoms with E-state index in [-0.39, 0.29) is 0 Å². The number of esters is 1. The number of methoxy groups -OCH3 is 2. The Kier molecular flexibility index (Phi) is 8.45. The summed E-state index contributed by atoms with van der Waals surface area (Å²) in [7, 11) is 3.24. The van der Waals surface area contributed by atoms with Gasteiger partial charge < -0.3 is 29.0 Å². The minimum Gasteiger partial charge on any atom is -0.497 e. The Morgan fingerprint density at radius 3 is 2.15 bits per heavy atom. The van der Waals surface area contributed by atoms with Crippen molar-refractivity contribution < 1.29 is 28.5 Å². The highest BCUT2D eigenvalue weighted by molar-refractivity contribution is 5.89. The maximum Gasteiger partial charge on any atom is 0.338 e. The third-order valence-electron chi connectivity index (χ3n) is 7.14. The molecule has 0 spiro atoms. The number of nitrogens with one attached hydrogen (secondary N) is 1. The van der Waals surface area contributed by atoms with Crippen LogP contribution in [-0.4, -0.2) is 31.9 Å². The Morgan fingerprint density at radius 1 is 0.829 bits per heavy atom. The number of benzene rings is 4. The quantitative estimate of drug-likeness (QED) is 0.213. The second-order valence-electron chi connectivity index (χ2n) is 10.4. The second-order valence-corrected chi connectivity index (χ2v) is 10.4. The molecule has 2 unspecified atom stereocenters. The number of ether oxygens (including phenoxy) is 5. The molecule has 212 valence electrons. The lowest BCUT2D eigenvalue weighted by molar-refractivity contribution is -0.143. The van der Waals surface area contributed by atoms with Gasteiger partial charge in [0.25, 0.3) is 0 Å². The van der Waals surface area contributed by atoms with Gasteiger partial charge >= 0.3 is 5.97 Å². The molecule has 0 bridgehead atoms. The molecule has 1 aliphatic heterocycles. The molecule has 0 radical (unpaired) electrons. The SMILES string of the molecule is COc1ccc(CNc2ccc3c(c2)C(OCc2ccccc2)C(OC(=O)c2ccc(OC)cc2)C(C)(C)O3)cc1. The van der Waals surface area contributed by atoms with Gasteiger partial charge in [-0.3, -0.25) is 0 Å². The van der Waals surface area contributed by atoms with E-state index in [0.717, 1.165) is 28.1 Å². The van der Waals surface area contributed by atoms with Crippen molar-refractivity contribution in [3.8, 4) is 17.2 Å². The number of hydrogen-bond donors (Lipinski definition) is 1. The second kappa shape index (κ2) is 12.4. The fourth-order valence-electron chi connectivity index (χ4n) is 4.84. The molecule has 0 fully saturated rings. The molecule has 0 saturated heterocycles. The number of carbonyl (C=O) groups is 1. The first-order chi connectivity index (χ1) is 19.9. The van der Waals surface area contributed by atoms with E-state index in [1.54, 1.807) is 38.5 Å². The van der Waals surface area contributed by atoms with Crippen LogP contribution in [0, 0.1) is 0 Å². The van der Waals surface area contributed by atoms with E-state index in [4.69, 9.17) is 23.7 Å². The number of rotatable bonds is 10. The summed E-state index contributed by atoms with van der Waals surface area (Å²) in [5.74, 6) is 1.71. The maximum absolute atomic E-state index is 13.3. The highest BCUT2D eigenvalue weighted by Gasteiger charge is 2.47. The lowest BCUT2D eigenvalue weighted by atomic mass is 9.87. The van der Waals surface area contributed by atoms with Crippen molar-refractivity contribution in [1.82, 2.24) is 0 Å². The van der Waals surface area contributed by atoms with Crippen LogP contribution in [0.15, 0.2) is 97.1 Å². The average Bonchev–Trinajstić information content (AvgIpc) is 3.00. The predicted molar refractivity (Wildman–Crippen MR) is 158 cm³/mol. The van der Waals surface area contributed by atoms with E-state index in [2.05, 4.69) is 5.32 Å². The van der Waals surface area contributed by atoms with Crippen LogP contribution in [0.1, 0.15) is 47.0 Å². The minimum absolute atomic E-state index is 0.348. The zero-order valence-corrected chi connectivity index (χ0v) is 23.8. The molecular formula is C34H35NO6. The molecule has 0 amide bonds. The van der Waals surface area contributed by atoms with E-state index >= 15 is 0 Å². The van der Waals surface area contributed by atoms with Crippen LogP contribution in [0.3, 0.4) is 0 Å². The average molecular weight is 554 g/mol. The van der Waals surface area contributed by atoms with Crippen LogP contribution in [0.25, 0.3) is 0 Å². The Labute approximate surface area is 241 Å². The minimum atomic E-state index is -0.853. The fraction of sp³-hybridized carbons (Fsp3) is 0.265. The topological polar surface area (TPSA) is 75.2 Å². The summed E-state index contributed by atoms with van der Waals surface area (Å²) in [6.45, 7) is 4.80. The van der Waals surface area contributed by atoms with Crippen molar-refractivity contribution in [2.45, 2.75) is 44.8 Å². The Balaban J connectivity index is 1.42. The maximum atomic E-state index is 13.3. The zero-order valence-electron chi connectivity index (χ0n) is 23.8. The summed E-state index contributed by atoms with van der Waals surface area (Å²) < 4.78 is 29.6. The third-order valence-corrected chi connectivity index (χ3v) is 7.14. The lowest BCUT2D eigenvalue weighted by Gasteiger charge is -2.43. The van der Waals surface area contributed by atoms with Crippen molar-refractivity contribution >= 4 is 11.7 Å². The molecule has 5 rings (SSSR count).